The van der Waals surface area contributed by atoms with E-state index in [0.717, 1.165) is 0 Å². The van der Waals surface area contributed by atoms with Crippen LogP contribution in [0.1, 0.15) is 12.7 Å². The lowest BCUT2D eigenvalue weighted by atomic mass is 10.2. The lowest BCUT2D eigenvalue weighted by Gasteiger charge is -2.08. The van der Waals surface area contributed by atoms with Crippen LogP contribution in [0.2, 0.25) is 0 Å². The van der Waals surface area contributed by atoms with Crippen LogP contribution in [-0.2, 0) is 11.8 Å². The van der Waals surface area contributed by atoms with Crippen LogP contribution in [-0.4, -0.2) is 40.3 Å². The predicted molar refractivity (Wildman–Crippen MR) is 99.5 cm³/mol. The number of aryl methyl sites for hydroxylation is 2. The Morgan fingerprint density at radius 3 is 2.74 bits per heavy atom. The fraction of sp³-hybridized carbons (Fsp3) is 0.176. The van der Waals surface area contributed by atoms with Crippen LogP contribution in [0.25, 0.3) is 17.0 Å². The van der Waals surface area contributed by atoms with Crippen molar-refractivity contribution in [3.63, 3.8) is 0 Å². The van der Waals surface area contributed by atoms with Gasteiger partial charge in [-0.05, 0) is 19.1 Å². The Kier molecular flexibility index (Phi) is 3.99. The quantitative estimate of drug-likeness (QED) is 0.569. The molecule has 4 aromatic rings. The molecule has 10 nitrogen and oxygen atoms in total. The van der Waals surface area contributed by atoms with E-state index >= 15 is 0 Å². The van der Waals surface area contributed by atoms with E-state index in [9.17, 15) is 4.79 Å². The molecule has 2 N–H and O–H groups in total. The van der Waals surface area contributed by atoms with Gasteiger partial charge in [-0.2, -0.15) is 10.2 Å². The largest absolute Gasteiger partial charge is 0.322 e. The maximum Gasteiger partial charge on any atom is 0.222 e. The van der Waals surface area contributed by atoms with Gasteiger partial charge in [0.15, 0.2) is 17.3 Å². The van der Waals surface area contributed by atoms with Crippen molar-refractivity contribution < 1.29 is 4.79 Å². The van der Waals surface area contributed by atoms with Crippen molar-refractivity contribution in [2.45, 2.75) is 13.8 Å². The third-order valence-corrected chi connectivity index (χ3v) is 3.74. The molecule has 0 saturated carbocycles. The summed E-state index contributed by atoms with van der Waals surface area (Å²) < 4.78 is 3.38. The number of nitrogens with one attached hydrogen (secondary N) is 2. The Morgan fingerprint density at radius 1 is 1.15 bits per heavy atom. The monoisotopic (exact) mass is 363 g/mol. The molecule has 0 atom stereocenters. The molecule has 10 heteroatoms. The number of anilines is 3. The number of hydrogen-bond acceptors (Lipinski definition) is 7. The zero-order valence-electron chi connectivity index (χ0n) is 15.0. The van der Waals surface area contributed by atoms with Crippen molar-refractivity contribution in [1.29, 1.82) is 0 Å². The van der Waals surface area contributed by atoms with Gasteiger partial charge in [-0.15, -0.1) is 0 Å². The summed E-state index contributed by atoms with van der Waals surface area (Å²) in [7, 11) is 1.84. The highest BCUT2D eigenvalue weighted by molar-refractivity contribution is 5.88. The Balaban J connectivity index is 1.88. The molecule has 0 radical (unpaired) electrons. The number of rotatable bonds is 4. The van der Waals surface area contributed by atoms with Gasteiger partial charge in [0.1, 0.15) is 17.3 Å². The van der Waals surface area contributed by atoms with Crippen molar-refractivity contribution in [2.75, 3.05) is 10.6 Å². The minimum atomic E-state index is -0.206. The number of carbonyl (C=O) groups is 1. The van der Waals surface area contributed by atoms with Crippen molar-refractivity contribution in [2.24, 2.45) is 7.05 Å². The standard InChI is InChI=1S/C17H17N9O/c1-10-19-12(9-14(20-10)21-11(2)27)16-17(22-13-6-8-25(3)24-13)23-15-5-4-7-18-26(15)16/h4-9H,1-3H3,(H,22,24)(H,19,20,21,27). The van der Waals surface area contributed by atoms with E-state index in [1.807, 2.05) is 31.4 Å². The number of hydrogen-bond donors (Lipinski definition) is 2. The van der Waals surface area contributed by atoms with Crippen LogP contribution in [0.3, 0.4) is 0 Å². The minimum Gasteiger partial charge on any atom is -0.322 e. The molecule has 27 heavy (non-hydrogen) atoms. The fourth-order valence-electron chi connectivity index (χ4n) is 2.74. The van der Waals surface area contributed by atoms with Gasteiger partial charge in [-0.1, -0.05) is 0 Å². The summed E-state index contributed by atoms with van der Waals surface area (Å²) in [6, 6.07) is 7.19. The topological polar surface area (TPSA) is 115 Å². The number of fused-ring (bicyclic) bond motifs is 1. The minimum absolute atomic E-state index is 0.206. The zero-order chi connectivity index (χ0) is 19.0. The summed E-state index contributed by atoms with van der Waals surface area (Å²) >= 11 is 0. The summed E-state index contributed by atoms with van der Waals surface area (Å²) in [6.07, 6.45) is 3.51. The first-order valence-corrected chi connectivity index (χ1v) is 8.23. The average molecular weight is 363 g/mol. The van der Waals surface area contributed by atoms with E-state index in [1.54, 1.807) is 28.4 Å². The number of nitrogens with zero attached hydrogens (tertiary/aromatic N) is 7. The molecule has 4 aromatic heterocycles. The molecule has 0 saturated heterocycles. The second kappa shape index (κ2) is 6.48. The zero-order valence-corrected chi connectivity index (χ0v) is 15.0. The van der Waals surface area contributed by atoms with E-state index in [2.05, 4.69) is 35.8 Å². The molecule has 0 fully saturated rings. The first-order valence-electron chi connectivity index (χ1n) is 8.23. The molecule has 136 valence electrons. The number of amides is 1. The van der Waals surface area contributed by atoms with Crippen molar-refractivity contribution in [3.05, 3.63) is 42.5 Å². The van der Waals surface area contributed by atoms with Crippen molar-refractivity contribution in [3.8, 4) is 11.4 Å². The van der Waals surface area contributed by atoms with Gasteiger partial charge >= 0.3 is 0 Å². The van der Waals surface area contributed by atoms with Crippen LogP contribution in [0.15, 0.2) is 36.7 Å². The van der Waals surface area contributed by atoms with Gasteiger partial charge < -0.3 is 10.6 Å². The third-order valence-electron chi connectivity index (χ3n) is 3.74. The number of aromatic nitrogens is 7. The van der Waals surface area contributed by atoms with Gasteiger partial charge in [-0.3, -0.25) is 9.48 Å². The first kappa shape index (κ1) is 16.6. The smallest absolute Gasteiger partial charge is 0.222 e. The lowest BCUT2D eigenvalue weighted by molar-refractivity contribution is -0.114. The van der Waals surface area contributed by atoms with Gasteiger partial charge in [0.05, 0.1) is 5.69 Å². The van der Waals surface area contributed by atoms with Crippen LogP contribution in [0.5, 0.6) is 0 Å². The third kappa shape index (κ3) is 3.32. The van der Waals surface area contributed by atoms with E-state index in [0.29, 0.717) is 40.3 Å². The van der Waals surface area contributed by atoms with Crippen LogP contribution in [0.4, 0.5) is 17.5 Å². The summed E-state index contributed by atoms with van der Waals surface area (Å²) in [5.41, 5.74) is 1.88. The molecule has 0 aliphatic heterocycles. The summed E-state index contributed by atoms with van der Waals surface area (Å²) in [6.45, 7) is 3.19. The van der Waals surface area contributed by atoms with Crippen LogP contribution in [0, 0.1) is 6.92 Å². The van der Waals surface area contributed by atoms with E-state index < -0.39 is 0 Å². The van der Waals surface area contributed by atoms with E-state index in [1.165, 1.54) is 6.92 Å². The van der Waals surface area contributed by atoms with Gasteiger partial charge in [0.2, 0.25) is 5.91 Å². The molecular weight excluding hydrogens is 346 g/mol. The fourth-order valence-corrected chi connectivity index (χ4v) is 2.74. The molecule has 0 unspecified atom stereocenters. The Bertz CT molecular complexity index is 1140. The molecule has 4 rings (SSSR count). The maximum absolute atomic E-state index is 11.4. The second-order valence-corrected chi connectivity index (χ2v) is 5.97. The Hall–Kier alpha value is -3.82. The van der Waals surface area contributed by atoms with Crippen molar-refractivity contribution in [1.82, 2.24) is 34.3 Å². The van der Waals surface area contributed by atoms with Crippen LogP contribution < -0.4 is 10.6 Å². The highest BCUT2D eigenvalue weighted by Crippen LogP contribution is 2.30. The normalized spacial score (nSPS) is 10.9. The molecule has 0 aliphatic carbocycles. The number of carbonyl (C=O) groups excluding carboxylic acids is 1. The highest BCUT2D eigenvalue weighted by atomic mass is 16.1. The molecule has 0 bridgehead atoms. The van der Waals surface area contributed by atoms with Crippen LogP contribution >= 0.6 is 0 Å². The SMILES string of the molecule is CC(=O)Nc1cc(-c2c(Nc3ccn(C)n3)nc3cccnn23)nc(C)n1. The van der Waals surface area contributed by atoms with Gasteiger partial charge in [0, 0.05) is 38.5 Å². The summed E-state index contributed by atoms with van der Waals surface area (Å²) in [4.78, 5) is 24.8. The Morgan fingerprint density at radius 2 is 2.00 bits per heavy atom. The predicted octanol–water partition coefficient (Wildman–Crippen LogP) is 1.93. The van der Waals surface area contributed by atoms with Gasteiger partial charge in [0.25, 0.3) is 0 Å². The first-order chi connectivity index (χ1) is 13.0. The molecule has 1 amide bonds. The maximum atomic E-state index is 11.4. The van der Waals surface area contributed by atoms with Crippen molar-refractivity contribution >= 4 is 29.0 Å². The second-order valence-electron chi connectivity index (χ2n) is 5.97. The summed E-state index contributed by atoms with van der Waals surface area (Å²) in [5, 5.41) is 14.6. The number of imidazole rings is 1. The molecule has 0 aliphatic rings. The average Bonchev–Trinajstić information content (AvgIpc) is 3.16. The molecule has 0 spiro atoms. The lowest BCUT2D eigenvalue weighted by Crippen LogP contribution is -2.09. The molecular formula is C17H17N9O. The van der Waals surface area contributed by atoms with E-state index in [-0.39, 0.29) is 5.91 Å². The Labute approximate surface area is 154 Å². The molecule has 4 heterocycles. The van der Waals surface area contributed by atoms with E-state index in [4.69, 9.17) is 0 Å². The van der Waals surface area contributed by atoms with Gasteiger partial charge in [-0.25, -0.2) is 19.5 Å². The molecule has 0 aromatic carbocycles. The summed E-state index contributed by atoms with van der Waals surface area (Å²) in [5.74, 6) is 1.93. The highest BCUT2D eigenvalue weighted by Gasteiger charge is 2.19.